The average molecular weight is 341 g/mol. The van der Waals surface area contributed by atoms with Crippen LogP contribution in [0.1, 0.15) is 28.3 Å². The Hall–Kier alpha value is -2.57. The van der Waals surface area contributed by atoms with Crippen molar-refractivity contribution in [2.45, 2.75) is 26.1 Å². The molecule has 1 unspecified atom stereocenters. The molecular formula is C17H15F4NO2. The number of carbonyl (C=O) groups is 1. The summed E-state index contributed by atoms with van der Waals surface area (Å²) in [6, 6.07) is 7.28. The molecule has 0 aliphatic heterocycles. The van der Waals surface area contributed by atoms with Crippen LogP contribution < -0.4 is 5.32 Å². The minimum Gasteiger partial charge on any atom is -0.479 e. The quantitative estimate of drug-likeness (QED) is 0.793. The van der Waals surface area contributed by atoms with Crippen molar-refractivity contribution in [2.75, 3.05) is 5.32 Å². The van der Waals surface area contributed by atoms with Crippen LogP contribution in [-0.4, -0.2) is 11.1 Å². The summed E-state index contributed by atoms with van der Waals surface area (Å²) in [7, 11) is 0. The monoisotopic (exact) mass is 341 g/mol. The van der Waals surface area contributed by atoms with Crippen molar-refractivity contribution in [3.05, 3.63) is 64.5 Å². The lowest BCUT2D eigenvalue weighted by atomic mass is 10.0. The van der Waals surface area contributed by atoms with E-state index < -0.39 is 35.3 Å². The van der Waals surface area contributed by atoms with E-state index in [2.05, 4.69) is 5.32 Å². The fourth-order valence-electron chi connectivity index (χ4n) is 2.42. The summed E-state index contributed by atoms with van der Waals surface area (Å²) in [5, 5.41) is 11.7. The van der Waals surface area contributed by atoms with Gasteiger partial charge in [0, 0.05) is 0 Å². The Balaban J connectivity index is 2.47. The second-order valence-electron chi connectivity index (χ2n) is 5.45. The van der Waals surface area contributed by atoms with Crippen molar-refractivity contribution in [1.82, 2.24) is 0 Å². The molecule has 0 aliphatic carbocycles. The zero-order valence-electron chi connectivity index (χ0n) is 12.9. The van der Waals surface area contributed by atoms with E-state index in [-0.39, 0.29) is 5.56 Å². The zero-order chi connectivity index (χ0) is 18.1. The number of benzene rings is 2. The highest BCUT2D eigenvalue weighted by atomic mass is 19.4. The standard InChI is InChI=1S/C17H15F4NO2/c1-9-4-3-5-11(8-9)15(16(23)24)22-12-7-6-10(2)13(14(12)18)17(19,20)21/h3-8,15,22H,1-2H3,(H,23,24). The maximum Gasteiger partial charge on any atom is 0.419 e. The van der Waals surface area contributed by atoms with Gasteiger partial charge in [-0.3, -0.25) is 0 Å². The number of nitrogens with one attached hydrogen (secondary N) is 1. The zero-order valence-corrected chi connectivity index (χ0v) is 12.9. The first-order chi connectivity index (χ1) is 11.1. The van der Waals surface area contributed by atoms with Gasteiger partial charge < -0.3 is 10.4 Å². The number of carboxylic acids is 1. The highest BCUT2D eigenvalue weighted by molar-refractivity contribution is 5.79. The van der Waals surface area contributed by atoms with Crippen molar-refractivity contribution in [3.63, 3.8) is 0 Å². The Kier molecular flexibility index (Phi) is 4.82. The summed E-state index contributed by atoms with van der Waals surface area (Å²) >= 11 is 0. The molecule has 7 heteroatoms. The largest absolute Gasteiger partial charge is 0.479 e. The van der Waals surface area contributed by atoms with E-state index in [9.17, 15) is 27.5 Å². The van der Waals surface area contributed by atoms with Crippen molar-refractivity contribution >= 4 is 11.7 Å². The lowest BCUT2D eigenvalue weighted by Crippen LogP contribution is -2.22. The van der Waals surface area contributed by atoms with Gasteiger partial charge >= 0.3 is 12.1 Å². The second-order valence-corrected chi connectivity index (χ2v) is 5.45. The van der Waals surface area contributed by atoms with Gasteiger partial charge in [-0.25, -0.2) is 9.18 Å². The van der Waals surface area contributed by atoms with E-state index >= 15 is 0 Å². The van der Waals surface area contributed by atoms with Gasteiger partial charge in [0.2, 0.25) is 0 Å². The van der Waals surface area contributed by atoms with Gasteiger partial charge in [-0.15, -0.1) is 0 Å². The van der Waals surface area contributed by atoms with Gasteiger partial charge in [0.05, 0.1) is 11.3 Å². The van der Waals surface area contributed by atoms with E-state index in [1.54, 1.807) is 25.1 Å². The number of rotatable bonds is 4. The van der Waals surface area contributed by atoms with Crippen molar-refractivity contribution < 1.29 is 27.5 Å². The number of hydrogen-bond donors (Lipinski definition) is 2. The fourth-order valence-corrected chi connectivity index (χ4v) is 2.42. The topological polar surface area (TPSA) is 49.3 Å². The minimum absolute atomic E-state index is 0.270. The molecule has 0 spiro atoms. The molecule has 2 N–H and O–H groups in total. The lowest BCUT2D eigenvalue weighted by molar-refractivity contribution is -0.140. The Labute approximate surface area is 135 Å². The molecule has 0 saturated carbocycles. The van der Waals surface area contributed by atoms with Crippen molar-refractivity contribution in [1.29, 1.82) is 0 Å². The molecule has 2 aromatic carbocycles. The average Bonchev–Trinajstić information content (AvgIpc) is 2.44. The lowest BCUT2D eigenvalue weighted by Gasteiger charge is -2.20. The molecule has 24 heavy (non-hydrogen) atoms. The van der Waals surface area contributed by atoms with E-state index in [0.29, 0.717) is 5.56 Å². The molecule has 0 saturated heterocycles. The molecule has 0 aliphatic rings. The van der Waals surface area contributed by atoms with Crippen molar-refractivity contribution in [2.24, 2.45) is 0 Å². The molecule has 0 aromatic heterocycles. The molecule has 2 aromatic rings. The fraction of sp³-hybridized carbons (Fsp3) is 0.235. The molecule has 0 bridgehead atoms. The number of carboxylic acid groups (broad SMARTS) is 1. The molecule has 1 atom stereocenters. The van der Waals surface area contributed by atoms with Gasteiger partial charge in [-0.05, 0) is 31.0 Å². The molecular weight excluding hydrogens is 326 g/mol. The van der Waals surface area contributed by atoms with Gasteiger partial charge in [0.25, 0.3) is 0 Å². The first-order valence-corrected chi connectivity index (χ1v) is 7.03. The second kappa shape index (κ2) is 6.51. The number of hydrogen-bond acceptors (Lipinski definition) is 2. The first kappa shape index (κ1) is 17.8. The van der Waals surface area contributed by atoms with E-state index in [1.807, 2.05) is 0 Å². The third-order valence-corrected chi connectivity index (χ3v) is 3.56. The number of aliphatic carboxylic acids is 1. The molecule has 0 amide bonds. The van der Waals surface area contributed by atoms with E-state index in [4.69, 9.17) is 0 Å². The normalized spacial score (nSPS) is 12.8. The van der Waals surface area contributed by atoms with Crippen molar-refractivity contribution in [3.8, 4) is 0 Å². The summed E-state index contributed by atoms with van der Waals surface area (Å²) in [5.41, 5.74) is -1.09. The number of anilines is 1. The van der Waals surface area contributed by atoms with Gasteiger partial charge in [0.15, 0.2) is 11.9 Å². The highest BCUT2D eigenvalue weighted by Crippen LogP contribution is 2.37. The van der Waals surface area contributed by atoms with E-state index in [0.717, 1.165) is 24.6 Å². The van der Waals surface area contributed by atoms with Gasteiger partial charge in [0.1, 0.15) is 0 Å². The number of aryl methyl sites for hydroxylation is 2. The SMILES string of the molecule is Cc1cccc(C(Nc2ccc(C)c(C(F)(F)F)c2F)C(=O)O)c1. The predicted molar refractivity (Wildman–Crippen MR) is 81.3 cm³/mol. The first-order valence-electron chi connectivity index (χ1n) is 7.03. The summed E-state index contributed by atoms with van der Waals surface area (Å²) in [4.78, 5) is 11.5. The summed E-state index contributed by atoms with van der Waals surface area (Å²) in [6.07, 6.45) is -4.87. The van der Waals surface area contributed by atoms with Crippen LogP contribution in [0.2, 0.25) is 0 Å². The minimum atomic E-state index is -4.87. The summed E-state index contributed by atoms with van der Waals surface area (Å²) < 4.78 is 53.2. The van der Waals surface area contributed by atoms with Crippen LogP contribution in [0, 0.1) is 19.7 Å². The molecule has 128 valence electrons. The molecule has 0 heterocycles. The molecule has 3 nitrogen and oxygen atoms in total. The van der Waals surface area contributed by atoms with Crippen LogP contribution in [0.5, 0.6) is 0 Å². The summed E-state index contributed by atoms with van der Waals surface area (Å²) in [6.45, 7) is 2.89. The number of halogens is 4. The molecule has 0 fully saturated rings. The van der Waals surface area contributed by atoms with Crippen LogP contribution in [-0.2, 0) is 11.0 Å². The summed E-state index contributed by atoms with van der Waals surface area (Å²) in [5.74, 6) is -2.84. The number of alkyl halides is 3. The Morgan fingerprint density at radius 2 is 1.83 bits per heavy atom. The predicted octanol–water partition coefficient (Wildman–Crippen LogP) is 4.70. The smallest absolute Gasteiger partial charge is 0.419 e. The van der Waals surface area contributed by atoms with Crippen LogP contribution in [0.25, 0.3) is 0 Å². The maximum absolute atomic E-state index is 14.3. The highest BCUT2D eigenvalue weighted by Gasteiger charge is 2.37. The third-order valence-electron chi connectivity index (χ3n) is 3.56. The Morgan fingerprint density at radius 1 is 1.17 bits per heavy atom. The third kappa shape index (κ3) is 3.67. The van der Waals surface area contributed by atoms with Gasteiger partial charge in [-0.2, -0.15) is 13.2 Å². The molecule has 2 rings (SSSR count). The van der Waals surface area contributed by atoms with Gasteiger partial charge in [-0.1, -0.05) is 35.9 Å². The van der Waals surface area contributed by atoms with Crippen LogP contribution in [0.4, 0.5) is 23.2 Å². The maximum atomic E-state index is 14.3. The van der Waals surface area contributed by atoms with Crippen LogP contribution in [0.15, 0.2) is 36.4 Å². The van der Waals surface area contributed by atoms with E-state index in [1.165, 1.54) is 6.07 Å². The molecule has 0 radical (unpaired) electrons. The van der Waals surface area contributed by atoms with Crippen LogP contribution >= 0.6 is 0 Å². The Bertz CT molecular complexity index is 772. The Morgan fingerprint density at radius 3 is 2.38 bits per heavy atom. The van der Waals surface area contributed by atoms with Crippen LogP contribution in [0.3, 0.4) is 0 Å².